The molecule has 0 aliphatic carbocycles. The molecule has 0 aromatic carbocycles. The zero-order valence-electron chi connectivity index (χ0n) is 29.5. The number of methoxy groups -OCH3 is 2. The summed E-state index contributed by atoms with van der Waals surface area (Å²) in [6.45, 7) is 10.2. The second-order valence-electron chi connectivity index (χ2n) is 11.0. The van der Waals surface area contributed by atoms with Crippen LogP contribution in [0.25, 0.3) is 0 Å². The Bertz CT molecular complexity index is 1340. The monoisotopic (exact) mass is 909 g/mol. The van der Waals surface area contributed by atoms with E-state index in [9.17, 15) is 9.59 Å². The quantitative estimate of drug-likeness (QED) is 0.0504. The number of nitrogens with zero attached hydrogens (tertiary/aromatic N) is 5. The van der Waals surface area contributed by atoms with Crippen LogP contribution in [0.15, 0.2) is 41.4 Å². The van der Waals surface area contributed by atoms with E-state index in [-0.39, 0.29) is 5.69 Å². The summed E-state index contributed by atoms with van der Waals surface area (Å²) >= 11 is 8.46. The van der Waals surface area contributed by atoms with Gasteiger partial charge in [-0.1, -0.05) is 13.0 Å². The maximum atomic E-state index is 12.0. The van der Waals surface area contributed by atoms with E-state index in [0.29, 0.717) is 71.5 Å². The summed E-state index contributed by atoms with van der Waals surface area (Å²) in [5.41, 5.74) is 2.17. The van der Waals surface area contributed by atoms with Crippen molar-refractivity contribution in [3.05, 3.63) is 59.2 Å². The van der Waals surface area contributed by atoms with Crippen LogP contribution in [0.3, 0.4) is 0 Å². The predicted molar refractivity (Wildman–Crippen MR) is 196 cm³/mol. The third kappa shape index (κ3) is 19.9. The van der Waals surface area contributed by atoms with Crippen LogP contribution in [-0.2, 0) is 54.9 Å². The van der Waals surface area contributed by atoms with Crippen molar-refractivity contribution in [2.75, 3.05) is 98.1 Å². The molecule has 278 valence electrons. The number of hydrogen-bond acceptors (Lipinski definition) is 14. The fourth-order valence-corrected chi connectivity index (χ4v) is 6.55. The number of isothiocyanates is 1. The van der Waals surface area contributed by atoms with E-state index in [4.69, 9.17) is 23.7 Å². The topological polar surface area (TPSA) is 125 Å². The number of hydrogen-bond donors (Lipinski definition) is 0. The maximum Gasteiger partial charge on any atom is 0.356 e. The van der Waals surface area contributed by atoms with Crippen molar-refractivity contribution in [1.82, 2.24) is 19.8 Å². The van der Waals surface area contributed by atoms with Crippen LogP contribution in [0.4, 0.5) is 0 Å². The number of rotatable bonds is 29. The van der Waals surface area contributed by atoms with Crippen LogP contribution in [-0.4, -0.2) is 139 Å². The zero-order valence-corrected chi connectivity index (χ0v) is 33.6. The van der Waals surface area contributed by atoms with Gasteiger partial charge in [-0.25, -0.2) is 9.78 Å². The van der Waals surface area contributed by atoms with Gasteiger partial charge >= 0.3 is 221 Å². The molecule has 0 unspecified atom stereocenters. The summed E-state index contributed by atoms with van der Waals surface area (Å²) in [4.78, 5) is 41.1. The number of thiocarbonyl (C=S) groups is 1. The van der Waals surface area contributed by atoms with Crippen molar-refractivity contribution >= 4 is 45.1 Å². The van der Waals surface area contributed by atoms with E-state index in [1.54, 1.807) is 12.1 Å². The number of thioether (sulfide) groups is 1. The van der Waals surface area contributed by atoms with Crippen molar-refractivity contribution < 1.29 is 51.4 Å². The Hall–Kier alpha value is -2.30. The number of unbranched alkanes of at least 4 members (excludes halogenated alkanes) is 2. The molecule has 2 aromatic heterocycles. The molecule has 12 nitrogen and oxygen atoms in total. The van der Waals surface area contributed by atoms with Crippen LogP contribution in [0.2, 0.25) is 0 Å². The summed E-state index contributed by atoms with van der Waals surface area (Å²) < 4.78 is 28.7. The van der Waals surface area contributed by atoms with Crippen LogP contribution in [0.1, 0.15) is 58.6 Å². The molecule has 0 bridgehead atoms. The molecule has 0 aliphatic heterocycles. The molecule has 0 aliphatic rings. The Morgan fingerprint density at radius 1 is 0.820 bits per heavy atom. The molecule has 0 saturated carbocycles. The van der Waals surface area contributed by atoms with Gasteiger partial charge in [0, 0.05) is 13.1 Å². The van der Waals surface area contributed by atoms with Crippen molar-refractivity contribution in [3.8, 4) is 0 Å². The summed E-state index contributed by atoms with van der Waals surface area (Å²) in [7, 11) is 2.70. The Morgan fingerprint density at radius 2 is 1.38 bits per heavy atom. The molecule has 2 heterocycles. The van der Waals surface area contributed by atoms with Crippen molar-refractivity contribution in [1.29, 1.82) is 0 Å². The van der Waals surface area contributed by atoms with E-state index in [0.717, 1.165) is 55.4 Å². The molecular formula is C35H51N5O7OsS2. The van der Waals surface area contributed by atoms with Gasteiger partial charge in [0.25, 0.3) is 0 Å². The third-order valence-corrected chi connectivity index (χ3v) is 9.97. The zero-order chi connectivity index (χ0) is 36.2. The maximum absolute atomic E-state index is 12.0. The van der Waals surface area contributed by atoms with Crippen LogP contribution in [0, 0.1) is 0 Å². The Kier molecular flexibility index (Phi) is 24.8. The van der Waals surface area contributed by atoms with Gasteiger partial charge in [0.15, 0.2) is 0 Å². The van der Waals surface area contributed by atoms with E-state index < -0.39 is 11.9 Å². The van der Waals surface area contributed by atoms with E-state index in [1.807, 2.05) is 54.2 Å². The van der Waals surface area contributed by atoms with Gasteiger partial charge in [-0.15, -0.1) is 0 Å². The first kappa shape index (κ1) is 43.9. The average Bonchev–Trinajstić information content (AvgIpc) is 3.14. The molecule has 50 heavy (non-hydrogen) atoms. The summed E-state index contributed by atoms with van der Waals surface area (Å²) in [6.07, 6.45) is 3.39. The molecule has 0 amide bonds. The smallest absolute Gasteiger partial charge is 0.356 e. The summed E-state index contributed by atoms with van der Waals surface area (Å²) in [5, 5.41) is 2.41. The summed E-state index contributed by atoms with van der Waals surface area (Å²) in [5.74, 6) is 1.23. The first-order valence-corrected chi connectivity index (χ1v) is 19.6. The van der Waals surface area contributed by atoms with E-state index in [2.05, 4.69) is 49.1 Å². The molecular weight excluding hydrogens is 857 g/mol. The molecule has 0 fully saturated rings. The predicted octanol–water partition coefficient (Wildman–Crippen LogP) is 4.15. The van der Waals surface area contributed by atoms with Crippen molar-refractivity contribution in [2.45, 2.75) is 39.3 Å². The molecule has 2 aromatic rings. The first-order valence-electron chi connectivity index (χ1n) is 16.8. The molecule has 0 radical (unpaired) electrons. The van der Waals surface area contributed by atoms with Gasteiger partial charge in [0.2, 0.25) is 0 Å². The van der Waals surface area contributed by atoms with Crippen molar-refractivity contribution in [2.24, 2.45) is 4.99 Å². The summed E-state index contributed by atoms with van der Waals surface area (Å²) in [6, 6.07) is 10.7. The fraction of sp³-hybridized carbons (Fsp3) is 0.600. The average molecular weight is 908 g/mol. The number of likely N-dealkylation sites (N-methyl/N-ethyl adjacent to an activating group) is 1. The minimum atomic E-state index is -0.457. The minimum absolute atomic E-state index is 0.286. The number of carbonyl (C=O) groups is 2. The molecule has 2 rings (SSSR count). The van der Waals surface area contributed by atoms with Gasteiger partial charge < -0.3 is 4.74 Å². The van der Waals surface area contributed by atoms with Crippen molar-refractivity contribution in [3.63, 3.8) is 0 Å². The number of pyridine rings is 2. The van der Waals surface area contributed by atoms with Gasteiger partial charge in [-0.3, -0.25) is 4.90 Å². The van der Waals surface area contributed by atoms with Crippen LogP contribution < -0.4 is 0 Å². The van der Waals surface area contributed by atoms with E-state index >= 15 is 0 Å². The molecule has 0 spiro atoms. The Morgan fingerprint density at radius 3 is 1.94 bits per heavy atom. The molecule has 0 atom stereocenters. The van der Waals surface area contributed by atoms with Gasteiger partial charge in [-0.2, -0.15) is 0 Å². The number of aromatic nitrogens is 2. The minimum Gasteiger partial charge on any atom is -0.464 e. The number of ether oxygens (including phenoxy) is 5. The fourth-order valence-electron chi connectivity index (χ4n) is 4.57. The van der Waals surface area contributed by atoms with Crippen LogP contribution >= 0.6 is 24.0 Å². The van der Waals surface area contributed by atoms with Gasteiger partial charge in [0.05, 0.1) is 26.5 Å². The number of aliphatic imine (C=N–C) groups is 1. The standard InChI is InChI=1S/C35H51N5O7S2.Os/c1-4-39(27-30-11-8-13-32(37-30)34(41)43-2)16-20-46-23-24-47-22-18-40(28-31-12-9-14-33(38-31)35(42)44-3)17-21-45-19-10-26-49-25-7-5-6-15-36-29-48;/h8-9,11-14H,4-7,15-28H2,1-3H3;. The second-order valence-corrected chi connectivity index (χ2v) is 14.1. The van der Waals surface area contributed by atoms with Gasteiger partial charge in [-0.05, 0) is 18.7 Å². The third-order valence-electron chi connectivity index (χ3n) is 7.28. The number of esters is 2. The van der Waals surface area contributed by atoms with E-state index in [1.165, 1.54) is 24.7 Å². The normalized spacial score (nSPS) is 11.1. The largest absolute Gasteiger partial charge is 0.464 e. The Balaban J connectivity index is 1.71. The Labute approximate surface area is 316 Å². The van der Waals surface area contributed by atoms with Gasteiger partial charge in [0.1, 0.15) is 5.69 Å². The van der Waals surface area contributed by atoms with Crippen LogP contribution in [0.5, 0.6) is 0 Å². The first-order chi connectivity index (χ1) is 24.4. The number of carbonyl (C=O) groups excluding carboxylic acids is 2. The SMILES string of the molecule is CCN(CCOCCOCCN(CCOC[C](=[Os])CSCCCCCN=C=S)Cc1cccc(C(=O)OC)n1)Cc1cccc(C(=O)OC)n1. The molecule has 0 N–H and O–H groups in total. The molecule has 0 saturated heterocycles. The second kappa shape index (κ2) is 28.3. The molecule has 15 heteroatoms.